The number of hydrogen-bond acceptors (Lipinski definition) is 4. The Balaban J connectivity index is 2.05. The Bertz CT molecular complexity index is 781. The number of nitrogens with zero attached hydrogens (tertiary/aromatic N) is 1. The second kappa shape index (κ2) is 6.08. The Kier molecular flexibility index (Phi) is 4.13. The predicted molar refractivity (Wildman–Crippen MR) is 85.2 cm³/mol. The van der Waals surface area contributed by atoms with Crippen molar-refractivity contribution in [3.05, 3.63) is 52.3 Å². The summed E-state index contributed by atoms with van der Waals surface area (Å²) < 4.78 is 11.9. The molecule has 0 radical (unpaired) electrons. The first kappa shape index (κ1) is 15.6. The zero-order valence-electron chi connectivity index (χ0n) is 12.8. The van der Waals surface area contributed by atoms with Crippen LogP contribution >= 0.6 is 11.6 Å². The minimum absolute atomic E-state index is 0.218. The van der Waals surface area contributed by atoms with Gasteiger partial charge in [0.25, 0.3) is 0 Å². The molecule has 1 atom stereocenters. The maximum absolute atomic E-state index is 12.9. The summed E-state index contributed by atoms with van der Waals surface area (Å²) >= 11 is 6.28. The van der Waals surface area contributed by atoms with Gasteiger partial charge in [-0.15, -0.1) is 0 Å². The molecule has 5 nitrogen and oxygen atoms in total. The lowest BCUT2D eigenvalue weighted by Gasteiger charge is -2.09. The number of benzene rings is 1. The van der Waals surface area contributed by atoms with Gasteiger partial charge in [-0.05, 0) is 24.6 Å². The highest BCUT2D eigenvalue weighted by molar-refractivity contribution is 6.35. The van der Waals surface area contributed by atoms with Crippen molar-refractivity contribution < 1.29 is 19.1 Å². The number of ether oxygens (including phenoxy) is 2. The minimum Gasteiger partial charge on any atom is -0.496 e. The summed E-state index contributed by atoms with van der Waals surface area (Å²) in [5.74, 6) is -0.415. The second-order valence-electron chi connectivity index (χ2n) is 5.31. The van der Waals surface area contributed by atoms with Crippen LogP contribution in [0.1, 0.15) is 34.1 Å². The summed E-state index contributed by atoms with van der Waals surface area (Å²) in [6.45, 7) is 0.554. The summed E-state index contributed by atoms with van der Waals surface area (Å²) in [6.07, 6.45) is 0.603. The van der Waals surface area contributed by atoms with Gasteiger partial charge in [-0.3, -0.25) is 9.59 Å². The number of hydrogen-bond donors (Lipinski definition) is 0. The van der Waals surface area contributed by atoms with Crippen LogP contribution in [-0.2, 0) is 16.1 Å². The van der Waals surface area contributed by atoms with Gasteiger partial charge in [0.15, 0.2) is 0 Å². The fourth-order valence-electron chi connectivity index (χ4n) is 3.04. The van der Waals surface area contributed by atoms with E-state index >= 15 is 0 Å². The second-order valence-corrected chi connectivity index (χ2v) is 5.72. The molecule has 1 aliphatic rings. The molecule has 3 rings (SSSR count). The maximum Gasteiger partial charge on any atom is 0.314 e. The molecule has 6 heteroatoms. The van der Waals surface area contributed by atoms with Crippen LogP contribution in [0.25, 0.3) is 0 Å². The van der Waals surface area contributed by atoms with E-state index in [-0.39, 0.29) is 17.7 Å². The molecule has 0 amide bonds. The third kappa shape index (κ3) is 2.51. The van der Waals surface area contributed by atoms with Gasteiger partial charge in [0, 0.05) is 12.2 Å². The molecule has 0 bridgehead atoms. The monoisotopic (exact) mass is 333 g/mol. The minimum atomic E-state index is -0.378. The van der Waals surface area contributed by atoms with Crippen LogP contribution in [0, 0.1) is 0 Å². The molecule has 1 aromatic heterocycles. The summed E-state index contributed by atoms with van der Waals surface area (Å²) in [4.78, 5) is 24.8. The predicted octanol–water partition coefficient (Wildman–Crippen LogP) is 3.04. The lowest BCUT2D eigenvalue weighted by atomic mass is 10.0. The van der Waals surface area contributed by atoms with Gasteiger partial charge in [-0.2, -0.15) is 0 Å². The number of rotatable bonds is 4. The fourth-order valence-corrected chi connectivity index (χ4v) is 3.34. The van der Waals surface area contributed by atoms with E-state index < -0.39 is 0 Å². The standard InChI is InChI=1S/C17H16ClNO4/c1-22-14-6-4-3-5-11(14)16(20)15-12(18)9-13-10(17(21)23-2)7-8-19(13)15/h3-6,9-10H,7-8H2,1-2H3. The van der Waals surface area contributed by atoms with Gasteiger partial charge in [0.2, 0.25) is 5.78 Å². The number of para-hydroxylation sites is 1. The highest BCUT2D eigenvalue weighted by Crippen LogP contribution is 2.37. The van der Waals surface area contributed by atoms with Gasteiger partial charge >= 0.3 is 5.97 Å². The van der Waals surface area contributed by atoms with E-state index in [1.165, 1.54) is 14.2 Å². The van der Waals surface area contributed by atoms with E-state index in [2.05, 4.69) is 0 Å². The highest BCUT2D eigenvalue weighted by atomic mass is 35.5. The zero-order valence-corrected chi connectivity index (χ0v) is 13.6. The molecule has 0 spiro atoms. The summed E-state index contributed by atoms with van der Waals surface area (Å²) in [5.41, 5.74) is 1.55. The van der Waals surface area contributed by atoms with Gasteiger partial charge in [-0.25, -0.2) is 0 Å². The number of halogens is 1. The molecule has 1 unspecified atom stereocenters. The van der Waals surface area contributed by atoms with Crippen molar-refractivity contribution in [2.75, 3.05) is 14.2 Å². The van der Waals surface area contributed by atoms with Crippen LogP contribution in [0.5, 0.6) is 5.75 Å². The lowest BCUT2D eigenvalue weighted by molar-refractivity contribution is -0.142. The first-order valence-electron chi connectivity index (χ1n) is 7.23. The molecule has 2 heterocycles. The summed E-state index contributed by atoms with van der Waals surface area (Å²) in [6, 6.07) is 8.68. The van der Waals surface area contributed by atoms with E-state index in [4.69, 9.17) is 21.1 Å². The van der Waals surface area contributed by atoms with E-state index in [1.54, 1.807) is 34.9 Å². The van der Waals surface area contributed by atoms with Gasteiger partial charge < -0.3 is 14.0 Å². The van der Waals surface area contributed by atoms with Crippen molar-refractivity contribution in [2.45, 2.75) is 18.9 Å². The number of methoxy groups -OCH3 is 2. The normalized spacial score (nSPS) is 16.0. The largest absolute Gasteiger partial charge is 0.496 e. The van der Waals surface area contributed by atoms with Gasteiger partial charge in [0.05, 0.1) is 30.7 Å². The molecule has 0 saturated carbocycles. The van der Waals surface area contributed by atoms with Crippen LogP contribution in [-0.4, -0.2) is 30.5 Å². The number of carbonyl (C=O) groups excluding carboxylic acids is 2. The average molecular weight is 334 g/mol. The number of aromatic nitrogens is 1. The summed E-state index contributed by atoms with van der Waals surface area (Å²) in [5, 5.41) is 0.338. The van der Waals surface area contributed by atoms with Crippen LogP contribution < -0.4 is 4.74 Å². The van der Waals surface area contributed by atoms with E-state index in [0.29, 0.717) is 35.0 Å². The van der Waals surface area contributed by atoms with Crippen molar-refractivity contribution in [2.24, 2.45) is 0 Å². The highest BCUT2D eigenvalue weighted by Gasteiger charge is 2.35. The van der Waals surface area contributed by atoms with Crippen LogP contribution in [0.4, 0.5) is 0 Å². The molecule has 0 aliphatic carbocycles. The first-order chi connectivity index (χ1) is 11.1. The van der Waals surface area contributed by atoms with Crippen molar-refractivity contribution >= 4 is 23.4 Å². The van der Waals surface area contributed by atoms with Gasteiger partial charge in [0.1, 0.15) is 11.4 Å². The molecule has 120 valence electrons. The van der Waals surface area contributed by atoms with Gasteiger partial charge in [-0.1, -0.05) is 23.7 Å². The SMILES string of the molecule is COC(=O)C1CCn2c1cc(Cl)c2C(=O)c1ccccc1OC. The number of esters is 1. The fraction of sp³-hybridized carbons (Fsp3) is 0.294. The topological polar surface area (TPSA) is 57.5 Å². The van der Waals surface area contributed by atoms with Crippen molar-refractivity contribution in [3.8, 4) is 5.75 Å². The Morgan fingerprint density at radius 1 is 1.26 bits per heavy atom. The molecule has 1 aromatic carbocycles. The van der Waals surface area contributed by atoms with Crippen LogP contribution in [0.3, 0.4) is 0 Å². The molecular formula is C17H16ClNO4. The van der Waals surface area contributed by atoms with E-state index in [9.17, 15) is 9.59 Å². The smallest absolute Gasteiger partial charge is 0.314 e. The first-order valence-corrected chi connectivity index (χ1v) is 7.60. The number of fused-ring (bicyclic) bond motifs is 1. The lowest BCUT2D eigenvalue weighted by Crippen LogP contribution is -2.12. The average Bonchev–Trinajstić information content (AvgIpc) is 3.11. The molecule has 2 aromatic rings. The molecule has 23 heavy (non-hydrogen) atoms. The Labute approximate surface area is 138 Å². The third-order valence-electron chi connectivity index (χ3n) is 4.13. The van der Waals surface area contributed by atoms with Crippen molar-refractivity contribution in [3.63, 3.8) is 0 Å². The molecular weight excluding hydrogens is 318 g/mol. The third-order valence-corrected chi connectivity index (χ3v) is 4.42. The Morgan fingerprint density at radius 3 is 2.70 bits per heavy atom. The van der Waals surface area contributed by atoms with E-state index in [0.717, 1.165) is 5.69 Å². The number of ketones is 1. The van der Waals surface area contributed by atoms with Crippen LogP contribution in [0.15, 0.2) is 30.3 Å². The molecule has 0 N–H and O–H groups in total. The molecule has 0 fully saturated rings. The molecule has 0 saturated heterocycles. The summed E-state index contributed by atoms with van der Waals surface area (Å²) in [7, 11) is 2.88. The van der Waals surface area contributed by atoms with Crippen molar-refractivity contribution in [1.29, 1.82) is 0 Å². The maximum atomic E-state index is 12.9. The quantitative estimate of drug-likeness (QED) is 0.637. The zero-order chi connectivity index (χ0) is 16.6. The van der Waals surface area contributed by atoms with E-state index in [1.807, 2.05) is 0 Å². The van der Waals surface area contributed by atoms with Crippen LogP contribution in [0.2, 0.25) is 5.02 Å². The Morgan fingerprint density at radius 2 is 2.00 bits per heavy atom. The molecule has 1 aliphatic heterocycles. The Hall–Kier alpha value is -2.27. The number of carbonyl (C=O) groups is 2. The van der Waals surface area contributed by atoms with Crippen molar-refractivity contribution in [1.82, 2.24) is 4.57 Å².